The van der Waals surface area contributed by atoms with Gasteiger partial charge in [0.05, 0.1) is 25.5 Å². The van der Waals surface area contributed by atoms with Crippen molar-refractivity contribution in [2.24, 2.45) is 0 Å². The summed E-state index contributed by atoms with van der Waals surface area (Å²) < 4.78 is 10.8. The highest BCUT2D eigenvalue weighted by Crippen LogP contribution is 2.38. The summed E-state index contributed by atoms with van der Waals surface area (Å²) in [4.78, 5) is 8.77. The van der Waals surface area contributed by atoms with Gasteiger partial charge in [-0.3, -0.25) is 4.98 Å². The molecule has 0 amide bonds. The minimum atomic E-state index is 0.600. The number of rotatable bonds is 3. The molecule has 0 spiro atoms. The van der Waals surface area contributed by atoms with Gasteiger partial charge in [-0.25, -0.2) is 4.98 Å². The summed E-state index contributed by atoms with van der Waals surface area (Å²) in [5, 5.41) is 1.95. The van der Waals surface area contributed by atoms with Crippen LogP contribution in [0.15, 0.2) is 42.7 Å². The zero-order chi connectivity index (χ0) is 14.8. The Morgan fingerprint density at radius 2 is 1.71 bits per heavy atom. The third-order valence-corrected chi connectivity index (χ3v) is 3.45. The van der Waals surface area contributed by atoms with Gasteiger partial charge in [0.25, 0.3) is 0 Å². The molecule has 4 nitrogen and oxygen atoms in total. The van der Waals surface area contributed by atoms with Gasteiger partial charge in [-0.1, -0.05) is 6.07 Å². The van der Waals surface area contributed by atoms with Gasteiger partial charge in [-0.05, 0) is 36.8 Å². The van der Waals surface area contributed by atoms with E-state index in [1.807, 2.05) is 43.5 Å². The first-order valence-electron chi connectivity index (χ1n) is 6.67. The van der Waals surface area contributed by atoms with Crippen LogP contribution in [0.5, 0.6) is 11.6 Å². The number of aromatic nitrogens is 2. The fourth-order valence-corrected chi connectivity index (χ4v) is 2.42. The van der Waals surface area contributed by atoms with E-state index in [0.717, 1.165) is 33.3 Å². The number of fused-ring (bicyclic) bond motifs is 1. The van der Waals surface area contributed by atoms with Crippen molar-refractivity contribution in [2.45, 2.75) is 6.92 Å². The molecule has 0 aliphatic heterocycles. The highest BCUT2D eigenvalue weighted by molar-refractivity contribution is 6.01. The third kappa shape index (κ3) is 2.29. The largest absolute Gasteiger partial charge is 0.496 e. The number of hydrogen-bond donors (Lipinski definition) is 0. The average Bonchev–Trinajstić information content (AvgIpc) is 2.54. The smallest absolute Gasteiger partial charge is 0.221 e. The van der Waals surface area contributed by atoms with E-state index in [-0.39, 0.29) is 0 Å². The molecule has 3 aromatic rings. The monoisotopic (exact) mass is 280 g/mol. The van der Waals surface area contributed by atoms with Crippen LogP contribution in [0.2, 0.25) is 0 Å². The van der Waals surface area contributed by atoms with Gasteiger partial charge in [-0.2, -0.15) is 0 Å². The number of aryl methyl sites for hydroxylation is 1. The highest BCUT2D eigenvalue weighted by Gasteiger charge is 2.14. The van der Waals surface area contributed by atoms with Gasteiger partial charge >= 0.3 is 0 Å². The van der Waals surface area contributed by atoms with E-state index in [1.54, 1.807) is 20.4 Å². The Hall–Kier alpha value is -2.62. The fourth-order valence-electron chi connectivity index (χ4n) is 2.42. The van der Waals surface area contributed by atoms with Gasteiger partial charge in [0, 0.05) is 23.2 Å². The molecule has 0 fully saturated rings. The van der Waals surface area contributed by atoms with E-state index < -0.39 is 0 Å². The molecule has 3 rings (SSSR count). The minimum absolute atomic E-state index is 0.600. The molecule has 21 heavy (non-hydrogen) atoms. The Bertz CT molecular complexity index is 783. The summed E-state index contributed by atoms with van der Waals surface area (Å²) in [5.41, 5.74) is 2.95. The SMILES string of the molecule is COc1ccc2c(OC)nccc2c1-c1ccc(C)cn1. The molecular weight excluding hydrogens is 264 g/mol. The lowest BCUT2D eigenvalue weighted by molar-refractivity contribution is 0.403. The van der Waals surface area contributed by atoms with Gasteiger partial charge in [0.1, 0.15) is 5.75 Å². The molecule has 0 radical (unpaired) electrons. The molecule has 2 heterocycles. The summed E-state index contributed by atoms with van der Waals surface area (Å²) in [6.07, 6.45) is 3.59. The minimum Gasteiger partial charge on any atom is -0.496 e. The Morgan fingerprint density at radius 3 is 2.38 bits per heavy atom. The first kappa shape index (κ1) is 13.4. The van der Waals surface area contributed by atoms with Crippen molar-refractivity contribution in [2.75, 3.05) is 14.2 Å². The van der Waals surface area contributed by atoms with Crippen molar-refractivity contribution in [3.63, 3.8) is 0 Å². The number of hydrogen-bond acceptors (Lipinski definition) is 4. The first-order valence-corrected chi connectivity index (χ1v) is 6.67. The lowest BCUT2D eigenvalue weighted by Crippen LogP contribution is -1.94. The maximum atomic E-state index is 5.51. The number of methoxy groups -OCH3 is 2. The summed E-state index contributed by atoms with van der Waals surface area (Å²) >= 11 is 0. The van der Waals surface area contributed by atoms with Crippen LogP contribution in [0.4, 0.5) is 0 Å². The maximum absolute atomic E-state index is 5.51. The number of ether oxygens (including phenoxy) is 2. The van der Waals surface area contributed by atoms with Gasteiger partial charge in [0.2, 0.25) is 5.88 Å². The predicted octanol–water partition coefficient (Wildman–Crippen LogP) is 3.62. The summed E-state index contributed by atoms with van der Waals surface area (Å²) in [6.45, 7) is 2.02. The molecule has 4 heteroatoms. The second-order valence-electron chi connectivity index (χ2n) is 4.78. The second-order valence-corrected chi connectivity index (χ2v) is 4.78. The zero-order valence-electron chi connectivity index (χ0n) is 12.3. The molecule has 2 aromatic heterocycles. The molecule has 0 unspecified atom stereocenters. The molecule has 0 aliphatic rings. The van der Waals surface area contributed by atoms with E-state index in [0.29, 0.717) is 5.88 Å². The molecule has 0 saturated heterocycles. The fraction of sp³-hybridized carbons (Fsp3) is 0.176. The number of benzene rings is 1. The van der Waals surface area contributed by atoms with Crippen LogP contribution in [-0.2, 0) is 0 Å². The summed E-state index contributed by atoms with van der Waals surface area (Å²) in [6, 6.07) is 9.87. The van der Waals surface area contributed by atoms with Gasteiger partial charge in [0.15, 0.2) is 0 Å². The topological polar surface area (TPSA) is 44.2 Å². The molecule has 0 aliphatic carbocycles. The Labute approximate surface area is 123 Å². The summed E-state index contributed by atoms with van der Waals surface area (Å²) in [5.74, 6) is 1.38. The molecular formula is C17H16N2O2. The second kappa shape index (κ2) is 5.40. The molecule has 0 bridgehead atoms. The maximum Gasteiger partial charge on any atom is 0.221 e. The van der Waals surface area contributed by atoms with Crippen LogP contribution in [0.25, 0.3) is 22.0 Å². The Morgan fingerprint density at radius 1 is 0.857 bits per heavy atom. The Balaban J connectivity index is 2.35. The molecule has 1 aromatic carbocycles. The van der Waals surface area contributed by atoms with Crippen LogP contribution in [0, 0.1) is 6.92 Å². The highest BCUT2D eigenvalue weighted by atomic mass is 16.5. The van der Waals surface area contributed by atoms with Crippen LogP contribution in [-0.4, -0.2) is 24.2 Å². The van der Waals surface area contributed by atoms with Crippen LogP contribution >= 0.6 is 0 Å². The first-order chi connectivity index (χ1) is 10.2. The molecule has 0 N–H and O–H groups in total. The average molecular weight is 280 g/mol. The van der Waals surface area contributed by atoms with Crippen molar-refractivity contribution < 1.29 is 9.47 Å². The standard InChI is InChI=1S/C17H16N2O2/c1-11-4-6-14(19-10-11)16-12-8-9-18-17(21-3)13(12)5-7-15(16)20-2/h4-10H,1-3H3. The van der Waals surface area contributed by atoms with Crippen LogP contribution in [0.3, 0.4) is 0 Å². The molecule has 106 valence electrons. The van der Waals surface area contributed by atoms with E-state index in [1.165, 1.54) is 0 Å². The summed E-state index contributed by atoms with van der Waals surface area (Å²) in [7, 11) is 3.28. The van der Waals surface area contributed by atoms with Crippen molar-refractivity contribution in [1.82, 2.24) is 9.97 Å². The van der Waals surface area contributed by atoms with Crippen LogP contribution in [0.1, 0.15) is 5.56 Å². The van der Waals surface area contributed by atoms with E-state index in [9.17, 15) is 0 Å². The Kier molecular flexibility index (Phi) is 3.44. The number of pyridine rings is 2. The lowest BCUT2D eigenvalue weighted by atomic mass is 10.0. The number of nitrogens with zero attached hydrogens (tertiary/aromatic N) is 2. The van der Waals surface area contributed by atoms with Crippen molar-refractivity contribution in [3.05, 3.63) is 48.3 Å². The lowest BCUT2D eigenvalue weighted by Gasteiger charge is -2.13. The third-order valence-electron chi connectivity index (χ3n) is 3.45. The van der Waals surface area contributed by atoms with E-state index in [4.69, 9.17) is 9.47 Å². The van der Waals surface area contributed by atoms with Gasteiger partial charge in [-0.15, -0.1) is 0 Å². The molecule has 0 saturated carbocycles. The van der Waals surface area contributed by atoms with Crippen LogP contribution < -0.4 is 9.47 Å². The molecule has 0 atom stereocenters. The van der Waals surface area contributed by atoms with Crippen molar-refractivity contribution >= 4 is 10.8 Å². The quantitative estimate of drug-likeness (QED) is 0.735. The van der Waals surface area contributed by atoms with Crippen molar-refractivity contribution in [3.8, 4) is 22.9 Å². The zero-order valence-corrected chi connectivity index (χ0v) is 12.3. The normalized spacial score (nSPS) is 10.6. The van der Waals surface area contributed by atoms with E-state index in [2.05, 4.69) is 9.97 Å². The predicted molar refractivity (Wildman–Crippen MR) is 82.8 cm³/mol. The van der Waals surface area contributed by atoms with E-state index >= 15 is 0 Å². The van der Waals surface area contributed by atoms with Gasteiger partial charge < -0.3 is 9.47 Å². The van der Waals surface area contributed by atoms with Crippen molar-refractivity contribution in [1.29, 1.82) is 0 Å².